The Morgan fingerprint density at radius 1 is 1.08 bits per heavy atom. The minimum absolute atomic E-state index is 0.247. The first-order valence-electron chi connectivity index (χ1n) is 12.0. The predicted octanol–water partition coefficient (Wildman–Crippen LogP) is 3.08. The Morgan fingerprint density at radius 2 is 1.89 bits per heavy atom. The quantitative estimate of drug-likeness (QED) is 0.238. The Labute approximate surface area is 214 Å². The number of rotatable bonds is 13. The van der Waals surface area contributed by atoms with E-state index >= 15 is 0 Å². The van der Waals surface area contributed by atoms with Crippen molar-refractivity contribution >= 4 is 6.47 Å². The topological polar surface area (TPSA) is 106 Å². The number of nitrogens with one attached hydrogen (secondary N) is 1. The minimum Gasteiger partial charge on any atom is -0.486 e. The second-order valence-electron chi connectivity index (χ2n) is 8.68. The maximum Gasteiger partial charge on any atom is 0.298 e. The molecule has 0 saturated heterocycles. The lowest BCUT2D eigenvalue weighted by atomic mass is 10.0. The van der Waals surface area contributed by atoms with E-state index in [1.165, 1.54) is 12.1 Å². The normalized spacial score (nSPS) is 15.3. The molecule has 0 radical (unpaired) electrons. The molecule has 4 rings (SSSR count). The summed E-state index contributed by atoms with van der Waals surface area (Å²) in [6, 6.07) is 16.8. The smallest absolute Gasteiger partial charge is 0.298 e. The minimum atomic E-state index is -0.786. The number of carbonyl (C=O) groups is 1. The van der Waals surface area contributed by atoms with E-state index in [1.54, 1.807) is 30.3 Å². The number of hydrogen-bond acceptors (Lipinski definition) is 8. The second kappa shape index (κ2) is 13.2. The summed E-state index contributed by atoms with van der Waals surface area (Å²) in [5, 5.41) is 23.2. The van der Waals surface area contributed by atoms with E-state index in [1.807, 2.05) is 18.2 Å². The molecule has 2 atom stereocenters. The van der Waals surface area contributed by atoms with Crippen LogP contribution < -0.4 is 19.5 Å². The third-order valence-electron chi connectivity index (χ3n) is 5.96. The molecular formula is C28H30FNO7. The van der Waals surface area contributed by atoms with Gasteiger partial charge in [-0.25, -0.2) is 4.39 Å². The van der Waals surface area contributed by atoms with Gasteiger partial charge >= 0.3 is 0 Å². The molecule has 1 heterocycles. The Hall–Kier alpha value is -3.50. The highest BCUT2D eigenvalue weighted by Gasteiger charge is 2.21. The summed E-state index contributed by atoms with van der Waals surface area (Å²) >= 11 is 0. The van der Waals surface area contributed by atoms with Gasteiger partial charge in [0.1, 0.15) is 18.2 Å². The molecule has 0 amide bonds. The van der Waals surface area contributed by atoms with E-state index in [9.17, 15) is 19.4 Å². The van der Waals surface area contributed by atoms with Crippen molar-refractivity contribution in [2.45, 2.75) is 31.8 Å². The van der Waals surface area contributed by atoms with Gasteiger partial charge in [-0.1, -0.05) is 24.3 Å². The first kappa shape index (κ1) is 26.6. The van der Waals surface area contributed by atoms with Crippen LogP contribution >= 0.6 is 0 Å². The molecule has 0 unspecified atom stereocenters. The van der Waals surface area contributed by atoms with Gasteiger partial charge in [0.05, 0.1) is 25.9 Å². The van der Waals surface area contributed by atoms with Gasteiger partial charge in [-0.05, 0) is 66.1 Å². The molecule has 1 aliphatic heterocycles. The molecule has 9 heteroatoms. The van der Waals surface area contributed by atoms with Gasteiger partial charge in [0, 0.05) is 12.1 Å². The first-order valence-corrected chi connectivity index (χ1v) is 12.0. The summed E-state index contributed by atoms with van der Waals surface area (Å²) in [7, 11) is 0. The second-order valence-corrected chi connectivity index (χ2v) is 8.68. The SMILES string of the molecule is O=COc1ccc([C@@H](O)CNCCc2ccc3c(c2)O[C@H](COCc2ccc(F)cc2)CO3)cc1CO. The maximum absolute atomic E-state index is 13.0. The van der Waals surface area contributed by atoms with Crippen molar-refractivity contribution in [2.75, 3.05) is 26.3 Å². The monoisotopic (exact) mass is 511 g/mol. The number of halogens is 1. The third kappa shape index (κ3) is 7.50. The Kier molecular flexibility index (Phi) is 9.45. The number of aliphatic hydroxyl groups excluding tert-OH is 2. The molecule has 0 spiro atoms. The Morgan fingerprint density at radius 3 is 2.68 bits per heavy atom. The number of benzene rings is 3. The van der Waals surface area contributed by atoms with Gasteiger partial charge in [-0.15, -0.1) is 0 Å². The molecule has 8 nitrogen and oxygen atoms in total. The largest absolute Gasteiger partial charge is 0.486 e. The fourth-order valence-electron chi connectivity index (χ4n) is 3.97. The fourth-order valence-corrected chi connectivity index (χ4v) is 3.97. The maximum atomic E-state index is 13.0. The summed E-state index contributed by atoms with van der Waals surface area (Å²) < 4.78 is 35.4. The van der Waals surface area contributed by atoms with Crippen LogP contribution in [-0.4, -0.2) is 49.1 Å². The zero-order valence-corrected chi connectivity index (χ0v) is 20.3. The third-order valence-corrected chi connectivity index (χ3v) is 5.96. The lowest BCUT2D eigenvalue weighted by Crippen LogP contribution is -2.33. The van der Waals surface area contributed by atoms with Gasteiger partial charge in [0.25, 0.3) is 6.47 Å². The van der Waals surface area contributed by atoms with Crippen LogP contribution in [0.1, 0.15) is 28.4 Å². The molecule has 0 aromatic heterocycles. The van der Waals surface area contributed by atoms with Crippen LogP contribution in [0.25, 0.3) is 0 Å². The molecular weight excluding hydrogens is 481 g/mol. The van der Waals surface area contributed by atoms with Gasteiger partial charge in [0.2, 0.25) is 0 Å². The predicted molar refractivity (Wildman–Crippen MR) is 133 cm³/mol. The van der Waals surface area contributed by atoms with Crippen LogP contribution in [0.4, 0.5) is 4.39 Å². The van der Waals surface area contributed by atoms with Crippen molar-refractivity contribution in [3.63, 3.8) is 0 Å². The van der Waals surface area contributed by atoms with Crippen molar-refractivity contribution in [3.05, 3.63) is 88.7 Å². The average Bonchev–Trinajstić information content (AvgIpc) is 2.92. The molecule has 3 aromatic rings. The van der Waals surface area contributed by atoms with Gasteiger partial charge < -0.3 is 34.5 Å². The molecule has 0 saturated carbocycles. The van der Waals surface area contributed by atoms with E-state index < -0.39 is 6.10 Å². The van der Waals surface area contributed by atoms with E-state index in [0.717, 1.165) is 11.1 Å². The Bertz CT molecular complexity index is 1170. The first-order chi connectivity index (χ1) is 18.1. The van der Waals surface area contributed by atoms with Crippen LogP contribution in [0.3, 0.4) is 0 Å². The van der Waals surface area contributed by atoms with Crippen LogP contribution in [-0.2, 0) is 29.2 Å². The molecule has 1 aliphatic rings. The van der Waals surface area contributed by atoms with E-state index in [0.29, 0.717) is 68.4 Å². The standard InChI is InChI=1S/C28H30FNO7/c29-23-5-1-20(2-6-23)15-34-16-24-17-35-27-7-3-19(11-28(27)37-24)9-10-30-13-25(33)21-4-8-26(36-18-32)22(12-21)14-31/h1-8,11-12,18,24-25,30-31,33H,9-10,13-17H2/t24-,25+/m1/s1. The number of aliphatic hydroxyl groups is 2. The molecule has 0 aliphatic carbocycles. The fraction of sp³-hybridized carbons (Fsp3) is 0.321. The molecule has 3 N–H and O–H groups in total. The van der Waals surface area contributed by atoms with Crippen LogP contribution in [0, 0.1) is 5.82 Å². The van der Waals surface area contributed by atoms with E-state index in [4.69, 9.17) is 18.9 Å². The van der Waals surface area contributed by atoms with Crippen molar-refractivity contribution in [2.24, 2.45) is 0 Å². The zero-order chi connectivity index (χ0) is 26.0. The average molecular weight is 512 g/mol. The van der Waals surface area contributed by atoms with Crippen LogP contribution in [0.2, 0.25) is 0 Å². The van der Waals surface area contributed by atoms with Crippen LogP contribution in [0.15, 0.2) is 60.7 Å². The molecule has 196 valence electrons. The van der Waals surface area contributed by atoms with Crippen molar-refractivity contribution in [1.29, 1.82) is 0 Å². The highest BCUT2D eigenvalue weighted by atomic mass is 19.1. The summed E-state index contributed by atoms with van der Waals surface area (Å²) in [5.74, 6) is 1.33. The number of ether oxygens (including phenoxy) is 4. The zero-order valence-electron chi connectivity index (χ0n) is 20.3. The highest BCUT2D eigenvalue weighted by Crippen LogP contribution is 2.33. The van der Waals surface area contributed by atoms with Crippen molar-refractivity contribution < 1.29 is 38.3 Å². The van der Waals surface area contributed by atoms with E-state index in [-0.39, 0.29) is 24.3 Å². The van der Waals surface area contributed by atoms with Gasteiger partial charge in [-0.2, -0.15) is 0 Å². The lowest BCUT2D eigenvalue weighted by molar-refractivity contribution is -0.120. The molecule has 37 heavy (non-hydrogen) atoms. The van der Waals surface area contributed by atoms with Crippen molar-refractivity contribution in [3.8, 4) is 17.2 Å². The molecule has 0 bridgehead atoms. The highest BCUT2D eigenvalue weighted by molar-refractivity contribution is 5.49. The van der Waals surface area contributed by atoms with Crippen molar-refractivity contribution in [1.82, 2.24) is 5.32 Å². The van der Waals surface area contributed by atoms with Gasteiger partial charge in [0.15, 0.2) is 17.6 Å². The van der Waals surface area contributed by atoms with Gasteiger partial charge in [-0.3, -0.25) is 4.79 Å². The number of carbonyl (C=O) groups excluding carboxylic acids is 1. The van der Waals surface area contributed by atoms with E-state index in [2.05, 4.69) is 5.32 Å². The van der Waals surface area contributed by atoms with Crippen LogP contribution in [0.5, 0.6) is 17.2 Å². The summed E-state index contributed by atoms with van der Waals surface area (Å²) in [4.78, 5) is 10.6. The number of hydrogen-bond donors (Lipinski definition) is 3. The Balaban J connectivity index is 1.22. The molecule has 0 fully saturated rings. The molecule has 3 aromatic carbocycles. The summed E-state index contributed by atoms with van der Waals surface area (Å²) in [5.41, 5.74) is 2.98. The summed E-state index contributed by atoms with van der Waals surface area (Å²) in [6.07, 6.45) is -0.321. The summed E-state index contributed by atoms with van der Waals surface area (Å²) in [6.45, 7) is 2.03. The number of fused-ring (bicyclic) bond motifs is 1. The lowest BCUT2D eigenvalue weighted by Gasteiger charge is -2.27.